The van der Waals surface area contributed by atoms with Gasteiger partial charge in [0.1, 0.15) is 0 Å². The van der Waals surface area contributed by atoms with Gasteiger partial charge in [-0.05, 0) is 12.8 Å². The van der Waals surface area contributed by atoms with E-state index in [0.29, 0.717) is 35.4 Å². The molecule has 3 amide bonds. The summed E-state index contributed by atoms with van der Waals surface area (Å²) in [6.45, 7) is 0.282. The van der Waals surface area contributed by atoms with Crippen molar-refractivity contribution in [3.63, 3.8) is 0 Å². The van der Waals surface area contributed by atoms with Crippen LogP contribution in [0.4, 0.5) is 4.39 Å². The number of halogens is 1. The van der Waals surface area contributed by atoms with E-state index < -0.39 is 29.8 Å². The summed E-state index contributed by atoms with van der Waals surface area (Å²) in [5.74, 6) is -1.23. The Kier molecular flexibility index (Phi) is 13.8. The Morgan fingerprint density at radius 2 is 1.51 bits per heavy atom. The number of aromatic nitrogens is 2. The summed E-state index contributed by atoms with van der Waals surface area (Å²) in [5, 5.41) is 8.40. The molecule has 0 unspecified atom stereocenters. The van der Waals surface area contributed by atoms with Gasteiger partial charge in [0.15, 0.2) is 6.73 Å². The summed E-state index contributed by atoms with van der Waals surface area (Å²) in [7, 11) is 3.06. The first-order chi connectivity index (χ1) is 17.7. The molecule has 2 rings (SSSR count). The second-order valence-corrected chi connectivity index (χ2v) is 10.9. The molecule has 0 aliphatic heterocycles. The Morgan fingerprint density at radius 1 is 0.946 bits per heavy atom. The molecule has 0 spiro atoms. The van der Waals surface area contributed by atoms with Crippen molar-refractivity contribution >= 4 is 45.3 Å². The average molecular weight is 562 g/mol. The van der Waals surface area contributed by atoms with Crippen molar-refractivity contribution in [3.05, 3.63) is 32.9 Å². The average Bonchev–Trinajstić information content (AvgIpc) is 3.37. The topological polar surface area (TPSA) is 168 Å². The fourth-order valence-corrected chi connectivity index (χ4v) is 5.18. The van der Waals surface area contributed by atoms with Gasteiger partial charge in [-0.2, -0.15) is 4.39 Å². The predicted molar refractivity (Wildman–Crippen MR) is 137 cm³/mol. The van der Waals surface area contributed by atoms with E-state index in [1.165, 1.54) is 21.6 Å². The van der Waals surface area contributed by atoms with Gasteiger partial charge in [0.25, 0.3) is 5.56 Å². The van der Waals surface area contributed by atoms with Crippen LogP contribution in [0.1, 0.15) is 51.4 Å². The number of H-pyrrole nitrogens is 1. The van der Waals surface area contributed by atoms with E-state index in [4.69, 9.17) is 4.74 Å². The van der Waals surface area contributed by atoms with E-state index in [9.17, 15) is 33.2 Å². The highest BCUT2D eigenvalue weighted by atomic mass is 33.1. The lowest BCUT2D eigenvalue weighted by Crippen LogP contribution is -2.34. The monoisotopic (exact) mass is 561 g/mol. The van der Waals surface area contributed by atoms with Gasteiger partial charge in [-0.25, -0.2) is 4.79 Å². The summed E-state index contributed by atoms with van der Waals surface area (Å²) in [5.41, 5.74) is -2.09. The van der Waals surface area contributed by atoms with Crippen molar-refractivity contribution in [2.24, 2.45) is 0 Å². The van der Waals surface area contributed by atoms with Gasteiger partial charge in [0.05, 0.1) is 12.6 Å². The van der Waals surface area contributed by atoms with E-state index in [0.717, 1.165) is 25.7 Å². The minimum absolute atomic E-state index is 0.0785. The van der Waals surface area contributed by atoms with Crippen LogP contribution in [0.3, 0.4) is 0 Å². The summed E-state index contributed by atoms with van der Waals surface area (Å²) >= 11 is 0. The highest BCUT2D eigenvalue weighted by Gasteiger charge is 2.17. The Hall–Kier alpha value is -2.81. The molecule has 12 nitrogen and oxygen atoms in total. The SMILES string of the molecule is O=C(CCC(=O)NC1CCCC1)NCCSSCCNC(=O)CCC(=O)OCn1cc(F)c(=O)[nH]c1=O. The summed E-state index contributed by atoms with van der Waals surface area (Å²) < 4.78 is 18.7. The van der Waals surface area contributed by atoms with E-state index >= 15 is 0 Å². The summed E-state index contributed by atoms with van der Waals surface area (Å²) in [4.78, 5) is 71.4. The van der Waals surface area contributed by atoms with Crippen LogP contribution in [0, 0.1) is 5.82 Å². The van der Waals surface area contributed by atoms with Crippen molar-refractivity contribution in [3.8, 4) is 0 Å². The van der Waals surface area contributed by atoms with Crippen LogP contribution in [-0.4, -0.2) is 63.9 Å². The standard InChI is InChI=1S/C22H32FN5O7S2/c23-16-13-28(22(34)27-21(16)33)14-35-20(32)8-7-18(30)25-10-12-37-36-11-9-24-17(29)5-6-19(31)26-15-3-1-2-4-15/h13,15H,1-12,14H2,(H,24,29)(H,25,30)(H,26,31)(H,27,33,34). The summed E-state index contributed by atoms with van der Waals surface area (Å²) in [6.07, 6.45) is 4.95. The zero-order chi connectivity index (χ0) is 27.0. The lowest BCUT2D eigenvalue weighted by molar-refractivity contribution is -0.148. The molecule has 1 fully saturated rings. The zero-order valence-electron chi connectivity index (χ0n) is 20.3. The van der Waals surface area contributed by atoms with Crippen LogP contribution >= 0.6 is 21.6 Å². The van der Waals surface area contributed by atoms with Crippen LogP contribution in [0.5, 0.6) is 0 Å². The fraction of sp³-hybridized carbons (Fsp3) is 0.636. The molecule has 1 heterocycles. The molecule has 4 N–H and O–H groups in total. The molecule has 37 heavy (non-hydrogen) atoms. The second-order valence-electron chi connectivity index (χ2n) is 8.24. The highest BCUT2D eigenvalue weighted by molar-refractivity contribution is 8.76. The lowest BCUT2D eigenvalue weighted by Gasteiger charge is -2.11. The molecule has 1 aromatic rings. The minimum atomic E-state index is -1.19. The molecular weight excluding hydrogens is 529 g/mol. The third-order valence-corrected chi connectivity index (χ3v) is 7.69. The predicted octanol–water partition coefficient (Wildman–Crippen LogP) is 0.409. The van der Waals surface area contributed by atoms with Crippen LogP contribution in [0.2, 0.25) is 0 Å². The summed E-state index contributed by atoms with van der Waals surface area (Å²) in [6, 6.07) is 0.256. The van der Waals surface area contributed by atoms with Gasteiger partial charge in [0, 0.05) is 49.9 Å². The number of aromatic amines is 1. The maximum atomic E-state index is 13.2. The molecule has 0 saturated heterocycles. The van der Waals surface area contributed by atoms with Gasteiger partial charge >= 0.3 is 11.7 Å². The first kappa shape index (κ1) is 30.4. The van der Waals surface area contributed by atoms with Gasteiger partial charge in [-0.15, -0.1) is 0 Å². The molecule has 1 saturated carbocycles. The Labute approximate surface area is 220 Å². The van der Waals surface area contributed by atoms with Crippen LogP contribution in [0.15, 0.2) is 15.8 Å². The quantitative estimate of drug-likeness (QED) is 0.127. The number of carbonyl (C=O) groups is 4. The number of rotatable bonds is 16. The maximum Gasteiger partial charge on any atom is 0.331 e. The number of esters is 1. The molecule has 0 aromatic carbocycles. The second kappa shape index (κ2) is 16.8. The van der Waals surface area contributed by atoms with Crippen LogP contribution in [0.25, 0.3) is 0 Å². The van der Waals surface area contributed by atoms with Crippen molar-refractivity contribution in [1.29, 1.82) is 0 Å². The normalized spacial score (nSPS) is 13.2. The van der Waals surface area contributed by atoms with Gasteiger partial charge in [-0.3, -0.25) is 33.5 Å². The third kappa shape index (κ3) is 12.8. The van der Waals surface area contributed by atoms with Crippen molar-refractivity contribution in [2.45, 2.75) is 64.1 Å². The number of amides is 3. The smallest absolute Gasteiger partial charge is 0.331 e. The number of carbonyl (C=O) groups excluding carboxylic acids is 4. The molecule has 15 heteroatoms. The Bertz CT molecular complexity index is 1040. The van der Waals surface area contributed by atoms with E-state index in [1.807, 2.05) is 0 Å². The zero-order valence-corrected chi connectivity index (χ0v) is 22.0. The molecule has 0 radical (unpaired) electrons. The van der Waals surface area contributed by atoms with E-state index in [-0.39, 0.29) is 49.4 Å². The van der Waals surface area contributed by atoms with Gasteiger partial charge < -0.3 is 20.7 Å². The number of hydrogen-bond donors (Lipinski definition) is 4. The first-order valence-electron chi connectivity index (χ1n) is 12.0. The minimum Gasteiger partial charge on any atom is -0.444 e. The molecule has 0 atom stereocenters. The fourth-order valence-electron chi connectivity index (χ4n) is 3.36. The Balaban J connectivity index is 1.42. The number of nitrogens with one attached hydrogen (secondary N) is 4. The van der Waals surface area contributed by atoms with Crippen molar-refractivity contribution in [1.82, 2.24) is 25.5 Å². The van der Waals surface area contributed by atoms with Gasteiger partial charge in [0.2, 0.25) is 23.5 Å². The number of nitrogens with zero attached hydrogens (tertiary/aromatic N) is 1. The molecule has 1 aliphatic carbocycles. The molecule has 0 bridgehead atoms. The number of hydrogen-bond acceptors (Lipinski definition) is 9. The first-order valence-corrected chi connectivity index (χ1v) is 14.5. The largest absolute Gasteiger partial charge is 0.444 e. The highest BCUT2D eigenvalue weighted by Crippen LogP contribution is 2.19. The van der Waals surface area contributed by atoms with E-state index in [2.05, 4.69) is 16.0 Å². The molecule has 1 aliphatic rings. The van der Waals surface area contributed by atoms with Crippen LogP contribution < -0.4 is 27.2 Å². The molecule has 206 valence electrons. The van der Waals surface area contributed by atoms with Gasteiger partial charge in [-0.1, -0.05) is 34.4 Å². The van der Waals surface area contributed by atoms with Crippen molar-refractivity contribution < 1.29 is 28.3 Å². The van der Waals surface area contributed by atoms with E-state index in [1.54, 1.807) is 4.98 Å². The molecule has 1 aromatic heterocycles. The maximum absolute atomic E-state index is 13.2. The number of ether oxygens (including phenoxy) is 1. The third-order valence-electron chi connectivity index (χ3n) is 5.29. The van der Waals surface area contributed by atoms with Crippen molar-refractivity contribution in [2.75, 3.05) is 24.6 Å². The lowest BCUT2D eigenvalue weighted by atomic mass is 10.2. The Morgan fingerprint density at radius 3 is 2.14 bits per heavy atom. The molecular formula is C22H32FN5O7S2. The van der Waals surface area contributed by atoms with Crippen LogP contribution in [-0.2, 0) is 30.6 Å².